The molecule has 0 aromatic carbocycles. The van der Waals surface area contributed by atoms with Crippen LogP contribution >= 0.6 is 0 Å². The van der Waals surface area contributed by atoms with Crippen LogP contribution in [0.5, 0.6) is 0 Å². The van der Waals surface area contributed by atoms with Gasteiger partial charge in [0.15, 0.2) is 6.10 Å². The minimum absolute atomic E-state index is 0.212. The number of aliphatic hydroxyl groups is 2. The van der Waals surface area contributed by atoms with Crippen LogP contribution in [0.4, 0.5) is 0 Å². The van der Waals surface area contributed by atoms with Gasteiger partial charge < -0.3 is 33.9 Å². The molecule has 2 aliphatic carbocycles. The van der Waals surface area contributed by atoms with Crippen LogP contribution < -0.4 is 0 Å². The number of ether oxygens (including phenoxy) is 5. The lowest BCUT2D eigenvalue weighted by molar-refractivity contribution is -0.155. The van der Waals surface area contributed by atoms with Crippen molar-refractivity contribution in [1.82, 2.24) is 0 Å². The van der Waals surface area contributed by atoms with Gasteiger partial charge in [0.1, 0.15) is 29.7 Å². The molecule has 5 rings (SSSR count). The number of hydrogen-bond acceptors (Lipinski definition) is 9. The van der Waals surface area contributed by atoms with Crippen molar-refractivity contribution in [2.24, 2.45) is 11.3 Å². The number of carbonyl (C=O) groups excluding carboxylic acids is 2. The van der Waals surface area contributed by atoms with E-state index in [1.807, 2.05) is 19.9 Å². The number of esters is 2. The fraction of sp³-hybridized carbons (Fsp3) is 0.643. The normalized spacial score (nSPS) is 44.8. The molecule has 3 heterocycles. The van der Waals surface area contributed by atoms with Gasteiger partial charge in [0.2, 0.25) is 0 Å². The zero-order valence-electron chi connectivity index (χ0n) is 21.7. The molecule has 9 heteroatoms. The molecule has 3 aliphatic heterocycles. The average Bonchev–Trinajstić information content (AvgIpc) is 3.61. The van der Waals surface area contributed by atoms with E-state index >= 15 is 0 Å². The van der Waals surface area contributed by atoms with E-state index < -0.39 is 59.4 Å². The molecule has 1 spiro atoms. The number of rotatable bonds is 1. The molecule has 1 saturated carbocycles. The molecule has 2 saturated heterocycles. The Morgan fingerprint density at radius 2 is 1.95 bits per heavy atom. The summed E-state index contributed by atoms with van der Waals surface area (Å²) < 4.78 is 30.0. The van der Waals surface area contributed by atoms with Gasteiger partial charge in [-0.15, -0.1) is 0 Å². The number of carbonyl (C=O) groups is 2. The van der Waals surface area contributed by atoms with E-state index in [0.29, 0.717) is 31.6 Å². The molecule has 3 unspecified atom stereocenters. The lowest BCUT2D eigenvalue weighted by Gasteiger charge is -2.46. The molecular formula is C28H36O9. The molecule has 3 fully saturated rings. The first-order valence-electron chi connectivity index (χ1n) is 13.0. The molecular weight excluding hydrogens is 480 g/mol. The zero-order valence-corrected chi connectivity index (χ0v) is 21.7. The predicted octanol–water partition coefficient (Wildman–Crippen LogP) is 2.27. The molecule has 0 radical (unpaired) electrons. The third-order valence-electron chi connectivity index (χ3n) is 8.52. The second-order valence-electron chi connectivity index (χ2n) is 11.1. The Morgan fingerprint density at radius 3 is 2.65 bits per heavy atom. The van der Waals surface area contributed by atoms with Crippen molar-refractivity contribution in [3.63, 3.8) is 0 Å². The van der Waals surface area contributed by atoms with Crippen molar-refractivity contribution >= 4 is 11.9 Å². The fourth-order valence-electron chi connectivity index (χ4n) is 6.20. The molecule has 202 valence electrons. The second kappa shape index (κ2) is 9.78. The van der Waals surface area contributed by atoms with Crippen molar-refractivity contribution in [3.05, 3.63) is 47.3 Å². The van der Waals surface area contributed by atoms with Gasteiger partial charge in [-0.05, 0) is 33.1 Å². The Bertz CT molecular complexity index is 1070. The van der Waals surface area contributed by atoms with E-state index in [1.54, 1.807) is 32.1 Å². The van der Waals surface area contributed by atoms with Gasteiger partial charge in [0.05, 0.1) is 24.2 Å². The van der Waals surface area contributed by atoms with Crippen molar-refractivity contribution < 1.29 is 43.5 Å². The third-order valence-corrected chi connectivity index (χ3v) is 8.52. The van der Waals surface area contributed by atoms with E-state index in [9.17, 15) is 19.8 Å². The van der Waals surface area contributed by atoms with Crippen molar-refractivity contribution in [2.45, 2.75) is 89.2 Å². The highest BCUT2D eigenvalue weighted by Crippen LogP contribution is 2.66. The maximum absolute atomic E-state index is 13.1. The first-order chi connectivity index (χ1) is 17.6. The molecule has 9 nitrogen and oxygen atoms in total. The SMILES string of the molecule is CC1=CC2O[C@@H]3C[C@H]4OC(=O)/C=C\C=C\[C@H]([C@@H](C)O)OCCC(C)[C@H](O)C(=O)OC(=C2[C@]4(C)C32CO2)C1. The van der Waals surface area contributed by atoms with Crippen LogP contribution in [0.1, 0.15) is 47.0 Å². The van der Waals surface area contributed by atoms with E-state index in [-0.39, 0.29) is 12.7 Å². The summed E-state index contributed by atoms with van der Waals surface area (Å²) in [5.41, 5.74) is 0.305. The topological polar surface area (TPSA) is 124 Å². The molecule has 0 aromatic heterocycles. The van der Waals surface area contributed by atoms with Gasteiger partial charge in [-0.25, -0.2) is 9.59 Å². The van der Waals surface area contributed by atoms with E-state index in [0.717, 1.165) is 11.1 Å². The summed E-state index contributed by atoms with van der Waals surface area (Å²) >= 11 is 0. The number of allylic oxidation sites excluding steroid dienone is 3. The van der Waals surface area contributed by atoms with E-state index in [2.05, 4.69) is 0 Å². The Hall–Kier alpha value is -2.30. The van der Waals surface area contributed by atoms with Crippen LogP contribution in [-0.4, -0.2) is 77.6 Å². The Morgan fingerprint density at radius 1 is 1.19 bits per heavy atom. The molecule has 0 amide bonds. The highest BCUT2D eigenvalue weighted by atomic mass is 16.6. The summed E-state index contributed by atoms with van der Waals surface area (Å²) in [6.45, 7) is 7.97. The Labute approximate surface area is 216 Å². The van der Waals surface area contributed by atoms with Crippen LogP contribution in [0.15, 0.2) is 47.3 Å². The van der Waals surface area contributed by atoms with Gasteiger partial charge in [-0.1, -0.05) is 36.8 Å². The molecule has 0 aromatic rings. The maximum Gasteiger partial charge on any atom is 0.340 e. The van der Waals surface area contributed by atoms with Crippen molar-refractivity contribution in [2.75, 3.05) is 13.2 Å². The molecule has 5 aliphatic rings. The standard InChI is InChI=1S/C28H36O9/c1-15-11-19-24-20(12-15)36-26(32)25(31)16(2)9-10-33-18(17(3)29)7-5-6-8-23(30)37-21-13-22(35-19)28(14-34-28)27(21,24)4/h5-8,11,16-19,21-22,25,29,31H,9-10,12-14H2,1-4H3/b7-5+,8-6-/t16?,17-,18-,19?,21-,22-,25+,27-,28?/m1/s1. The average molecular weight is 517 g/mol. The second-order valence-corrected chi connectivity index (χ2v) is 11.1. The minimum Gasteiger partial charge on any atom is -0.458 e. The van der Waals surface area contributed by atoms with Crippen LogP contribution in [0.25, 0.3) is 0 Å². The number of hydrogen-bond donors (Lipinski definition) is 2. The lowest BCUT2D eigenvalue weighted by atomic mass is 9.66. The fourth-order valence-corrected chi connectivity index (χ4v) is 6.20. The predicted molar refractivity (Wildman–Crippen MR) is 131 cm³/mol. The molecule has 9 atom stereocenters. The summed E-state index contributed by atoms with van der Waals surface area (Å²) in [6.07, 6.45) is 5.37. The molecule has 37 heavy (non-hydrogen) atoms. The van der Waals surface area contributed by atoms with Crippen LogP contribution in [0, 0.1) is 11.3 Å². The maximum atomic E-state index is 13.1. The highest BCUT2D eigenvalue weighted by Gasteiger charge is 2.78. The summed E-state index contributed by atoms with van der Waals surface area (Å²) in [5, 5.41) is 20.8. The first-order valence-corrected chi connectivity index (χ1v) is 13.0. The quantitative estimate of drug-likeness (QED) is 0.307. The third kappa shape index (κ3) is 4.51. The largest absolute Gasteiger partial charge is 0.458 e. The van der Waals surface area contributed by atoms with E-state index in [4.69, 9.17) is 23.7 Å². The summed E-state index contributed by atoms with van der Waals surface area (Å²) in [5.74, 6) is -1.28. The molecule has 2 bridgehead atoms. The monoisotopic (exact) mass is 516 g/mol. The Balaban J connectivity index is 1.53. The molecule has 2 N–H and O–H groups in total. The minimum atomic E-state index is -1.36. The van der Waals surface area contributed by atoms with Crippen LogP contribution in [0.2, 0.25) is 0 Å². The summed E-state index contributed by atoms with van der Waals surface area (Å²) in [4.78, 5) is 25.9. The zero-order chi connectivity index (χ0) is 26.5. The number of epoxide rings is 1. The van der Waals surface area contributed by atoms with Crippen LogP contribution in [-0.2, 0) is 33.3 Å². The van der Waals surface area contributed by atoms with Crippen molar-refractivity contribution in [3.8, 4) is 0 Å². The van der Waals surface area contributed by atoms with Crippen molar-refractivity contribution in [1.29, 1.82) is 0 Å². The first kappa shape index (κ1) is 26.3. The highest BCUT2D eigenvalue weighted by molar-refractivity contribution is 5.82. The summed E-state index contributed by atoms with van der Waals surface area (Å²) in [7, 11) is 0. The van der Waals surface area contributed by atoms with Gasteiger partial charge in [-0.3, -0.25) is 0 Å². The lowest BCUT2D eigenvalue weighted by Crippen LogP contribution is -2.54. The van der Waals surface area contributed by atoms with Crippen LogP contribution in [0.3, 0.4) is 0 Å². The number of aliphatic hydroxyl groups excluding tert-OH is 2. The summed E-state index contributed by atoms with van der Waals surface area (Å²) in [6, 6.07) is 0. The van der Waals surface area contributed by atoms with Gasteiger partial charge in [0, 0.05) is 31.1 Å². The smallest absolute Gasteiger partial charge is 0.340 e. The van der Waals surface area contributed by atoms with Gasteiger partial charge in [-0.2, -0.15) is 0 Å². The Kier molecular flexibility index (Phi) is 6.96. The van der Waals surface area contributed by atoms with Gasteiger partial charge >= 0.3 is 11.9 Å². The van der Waals surface area contributed by atoms with E-state index in [1.165, 1.54) is 6.08 Å². The van der Waals surface area contributed by atoms with Gasteiger partial charge in [0.25, 0.3) is 0 Å².